The molecule has 0 aliphatic rings. The molecule has 2 aromatic rings. The highest BCUT2D eigenvalue weighted by Gasteiger charge is 2.10. The zero-order chi connectivity index (χ0) is 15.4. The van der Waals surface area contributed by atoms with E-state index in [0.29, 0.717) is 27.8 Å². The lowest BCUT2D eigenvalue weighted by Crippen LogP contribution is -2.02. The summed E-state index contributed by atoms with van der Waals surface area (Å²) >= 11 is 6.12. The van der Waals surface area contributed by atoms with Gasteiger partial charge in [-0.3, -0.25) is 0 Å². The van der Waals surface area contributed by atoms with Crippen molar-refractivity contribution in [3.63, 3.8) is 0 Å². The second-order valence-electron chi connectivity index (χ2n) is 4.32. The molecule has 0 aromatic heterocycles. The Morgan fingerprint density at radius 1 is 0.952 bits per heavy atom. The zero-order valence-electron chi connectivity index (χ0n) is 11.5. The first kappa shape index (κ1) is 15.4. The maximum Gasteiger partial charge on any atom is 0.162 e. The van der Waals surface area contributed by atoms with Crippen LogP contribution in [0.5, 0.6) is 11.5 Å². The van der Waals surface area contributed by atoms with Gasteiger partial charge in [0.2, 0.25) is 0 Å². The third-order valence-corrected chi connectivity index (χ3v) is 3.19. The fraction of sp³-hybridized carbons (Fsp3) is 0.200. The average Bonchev–Trinajstić information content (AvgIpc) is 2.44. The third kappa shape index (κ3) is 3.76. The van der Waals surface area contributed by atoms with Crippen molar-refractivity contribution in [2.24, 2.45) is 0 Å². The highest BCUT2D eigenvalue weighted by Crippen LogP contribution is 2.36. The van der Waals surface area contributed by atoms with Gasteiger partial charge >= 0.3 is 0 Å². The van der Waals surface area contributed by atoms with Crippen molar-refractivity contribution in [1.82, 2.24) is 0 Å². The van der Waals surface area contributed by atoms with Crippen LogP contribution in [-0.2, 0) is 6.54 Å². The van der Waals surface area contributed by atoms with Crippen molar-refractivity contribution in [1.29, 1.82) is 0 Å². The van der Waals surface area contributed by atoms with Crippen LogP contribution in [0, 0.1) is 11.6 Å². The summed E-state index contributed by atoms with van der Waals surface area (Å²) in [5.74, 6) is -0.227. The van der Waals surface area contributed by atoms with E-state index in [1.54, 1.807) is 12.1 Å². The van der Waals surface area contributed by atoms with E-state index in [1.807, 2.05) is 0 Å². The summed E-state index contributed by atoms with van der Waals surface area (Å²) in [6.45, 7) is 0.226. The van der Waals surface area contributed by atoms with Gasteiger partial charge in [-0.05, 0) is 17.7 Å². The first-order valence-corrected chi connectivity index (χ1v) is 6.51. The lowest BCUT2D eigenvalue weighted by Gasteiger charge is -2.13. The van der Waals surface area contributed by atoms with Crippen LogP contribution in [0.2, 0.25) is 5.02 Å². The second kappa shape index (κ2) is 6.63. The van der Waals surface area contributed by atoms with Gasteiger partial charge in [-0.1, -0.05) is 11.6 Å². The number of hydrogen-bond acceptors (Lipinski definition) is 3. The SMILES string of the molecule is COc1cc(Cl)c(NCc2cc(F)cc(F)c2)cc1OC. The molecule has 0 spiro atoms. The highest BCUT2D eigenvalue weighted by atomic mass is 35.5. The molecule has 0 atom stereocenters. The van der Waals surface area contributed by atoms with Gasteiger partial charge in [-0.15, -0.1) is 0 Å². The largest absolute Gasteiger partial charge is 0.493 e. The molecule has 0 fully saturated rings. The zero-order valence-corrected chi connectivity index (χ0v) is 12.3. The third-order valence-electron chi connectivity index (χ3n) is 2.88. The predicted octanol–water partition coefficient (Wildman–Crippen LogP) is 4.25. The summed E-state index contributed by atoms with van der Waals surface area (Å²) in [6.07, 6.45) is 0. The quantitative estimate of drug-likeness (QED) is 0.895. The maximum absolute atomic E-state index is 13.1. The van der Waals surface area contributed by atoms with Crippen molar-refractivity contribution in [3.8, 4) is 11.5 Å². The fourth-order valence-electron chi connectivity index (χ4n) is 1.90. The van der Waals surface area contributed by atoms with Crippen molar-refractivity contribution >= 4 is 17.3 Å². The summed E-state index contributed by atoms with van der Waals surface area (Å²) in [6, 6.07) is 6.61. The summed E-state index contributed by atoms with van der Waals surface area (Å²) in [5, 5.41) is 3.43. The van der Waals surface area contributed by atoms with Gasteiger partial charge in [-0.2, -0.15) is 0 Å². The Balaban J connectivity index is 2.19. The normalized spacial score (nSPS) is 10.3. The van der Waals surface area contributed by atoms with Gasteiger partial charge in [-0.25, -0.2) is 8.78 Å². The molecular formula is C15H14ClF2NO2. The highest BCUT2D eigenvalue weighted by molar-refractivity contribution is 6.33. The lowest BCUT2D eigenvalue weighted by atomic mass is 10.2. The molecule has 2 rings (SSSR count). The number of benzene rings is 2. The fourth-order valence-corrected chi connectivity index (χ4v) is 2.12. The number of rotatable bonds is 5. The van der Waals surface area contributed by atoms with E-state index >= 15 is 0 Å². The molecule has 1 N–H and O–H groups in total. The van der Waals surface area contributed by atoms with Crippen LogP contribution in [0.15, 0.2) is 30.3 Å². The monoisotopic (exact) mass is 313 g/mol. The number of hydrogen-bond donors (Lipinski definition) is 1. The van der Waals surface area contributed by atoms with Crippen molar-refractivity contribution < 1.29 is 18.3 Å². The molecule has 0 heterocycles. The molecule has 0 radical (unpaired) electrons. The van der Waals surface area contributed by atoms with E-state index in [9.17, 15) is 8.78 Å². The Bertz CT molecular complexity index is 630. The smallest absolute Gasteiger partial charge is 0.162 e. The molecule has 0 aliphatic heterocycles. The van der Waals surface area contributed by atoms with E-state index in [0.717, 1.165) is 6.07 Å². The minimum absolute atomic E-state index is 0.226. The molecule has 21 heavy (non-hydrogen) atoms. The van der Waals surface area contributed by atoms with E-state index in [2.05, 4.69) is 5.32 Å². The van der Waals surface area contributed by atoms with Crippen molar-refractivity contribution in [3.05, 3.63) is 52.6 Å². The number of methoxy groups -OCH3 is 2. The Hall–Kier alpha value is -2.01. The van der Waals surface area contributed by atoms with Crippen molar-refractivity contribution in [2.45, 2.75) is 6.54 Å². The summed E-state index contributed by atoms with van der Waals surface area (Å²) in [4.78, 5) is 0. The Kier molecular flexibility index (Phi) is 4.85. The van der Waals surface area contributed by atoms with Gasteiger partial charge < -0.3 is 14.8 Å². The number of nitrogens with one attached hydrogen (secondary N) is 1. The lowest BCUT2D eigenvalue weighted by molar-refractivity contribution is 0.355. The molecule has 0 saturated carbocycles. The van der Waals surface area contributed by atoms with E-state index in [-0.39, 0.29) is 6.54 Å². The standard InChI is InChI=1S/C15H14ClF2NO2/c1-20-14-6-12(16)13(7-15(14)21-2)19-8-9-3-10(17)5-11(18)4-9/h3-7,19H,8H2,1-2H3. The Morgan fingerprint density at radius 3 is 2.10 bits per heavy atom. The molecule has 0 amide bonds. The van der Waals surface area contributed by atoms with Gasteiger partial charge in [0.15, 0.2) is 11.5 Å². The number of ether oxygens (including phenoxy) is 2. The number of anilines is 1. The molecule has 0 saturated heterocycles. The van der Waals surface area contributed by atoms with E-state index < -0.39 is 11.6 Å². The van der Waals surface area contributed by atoms with E-state index in [1.165, 1.54) is 26.4 Å². The Morgan fingerprint density at radius 2 is 1.52 bits per heavy atom. The average molecular weight is 314 g/mol. The van der Waals surface area contributed by atoms with Crippen molar-refractivity contribution in [2.75, 3.05) is 19.5 Å². The molecular weight excluding hydrogens is 300 g/mol. The molecule has 0 unspecified atom stereocenters. The van der Waals surface area contributed by atoms with Crippen LogP contribution < -0.4 is 14.8 Å². The van der Waals surface area contributed by atoms with Crippen LogP contribution in [0.3, 0.4) is 0 Å². The van der Waals surface area contributed by atoms with Gasteiger partial charge in [0, 0.05) is 24.7 Å². The maximum atomic E-state index is 13.1. The van der Waals surface area contributed by atoms with Gasteiger partial charge in [0.1, 0.15) is 11.6 Å². The van der Waals surface area contributed by atoms with Gasteiger partial charge in [0.25, 0.3) is 0 Å². The molecule has 6 heteroatoms. The Labute approximate surface area is 126 Å². The summed E-state index contributed by atoms with van der Waals surface area (Å²) in [7, 11) is 3.02. The van der Waals surface area contributed by atoms with Crippen LogP contribution in [0.1, 0.15) is 5.56 Å². The summed E-state index contributed by atoms with van der Waals surface area (Å²) < 4.78 is 36.5. The first-order valence-electron chi connectivity index (χ1n) is 6.14. The molecule has 0 aliphatic carbocycles. The van der Waals surface area contributed by atoms with Crippen LogP contribution in [0.25, 0.3) is 0 Å². The second-order valence-corrected chi connectivity index (χ2v) is 4.73. The van der Waals surface area contributed by atoms with Crippen LogP contribution >= 0.6 is 11.6 Å². The number of halogens is 3. The molecule has 112 valence electrons. The van der Waals surface area contributed by atoms with Crippen LogP contribution in [0.4, 0.5) is 14.5 Å². The minimum atomic E-state index is -0.620. The topological polar surface area (TPSA) is 30.5 Å². The van der Waals surface area contributed by atoms with Crippen LogP contribution in [-0.4, -0.2) is 14.2 Å². The summed E-state index contributed by atoms with van der Waals surface area (Å²) in [5.41, 5.74) is 1.05. The molecule has 2 aromatic carbocycles. The predicted molar refractivity (Wildman–Crippen MR) is 78.2 cm³/mol. The first-order chi connectivity index (χ1) is 10.0. The van der Waals surface area contributed by atoms with E-state index in [4.69, 9.17) is 21.1 Å². The molecule has 0 bridgehead atoms. The molecule has 3 nitrogen and oxygen atoms in total. The minimum Gasteiger partial charge on any atom is -0.493 e. The van der Waals surface area contributed by atoms with Gasteiger partial charge in [0.05, 0.1) is 24.9 Å².